The predicted molar refractivity (Wildman–Crippen MR) is 121 cm³/mol. The highest BCUT2D eigenvalue weighted by atomic mass is 32.2. The Kier molecular flexibility index (Phi) is 6.08. The molecule has 1 aliphatic heterocycles. The number of hydrogen-bond donors (Lipinski definition) is 2. The van der Waals surface area contributed by atoms with Gasteiger partial charge in [0.1, 0.15) is 12.4 Å². The molecule has 0 saturated carbocycles. The molecule has 0 saturated heterocycles. The van der Waals surface area contributed by atoms with Crippen LogP contribution in [-0.2, 0) is 11.3 Å². The van der Waals surface area contributed by atoms with Gasteiger partial charge in [-0.2, -0.15) is 5.10 Å². The molecule has 10 nitrogen and oxygen atoms in total. The molecule has 0 bridgehead atoms. The van der Waals surface area contributed by atoms with Gasteiger partial charge in [0.15, 0.2) is 10.8 Å². The Morgan fingerprint density at radius 3 is 2.44 bits per heavy atom. The van der Waals surface area contributed by atoms with Crippen molar-refractivity contribution in [3.8, 4) is 0 Å². The van der Waals surface area contributed by atoms with Crippen molar-refractivity contribution in [2.24, 2.45) is 0 Å². The molecule has 0 fully saturated rings. The SMILES string of the molecule is CSc1nc(NC(C)C)c2cnn(CCNC(=O)CN3C(=O)c4ccccc4C3=O)c2n1. The quantitative estimate of drug-likeness (QED) is 0.301. The molecule has 0 spiro atoms. The fourth-order valence-corrected chi connectivity index (χ4v) is 3.82. The van der Waals surface area contributed by atoms with E-state index >= 15 is 0 Å². The zero-order valence-electron chi connectivity index (χ0n) is 18.0. The fourth-order valence-electron chi connectivity index (χ4n) is 3.46. The van der Waals surface area contributed by atoms with E-state index in [0.29, 0.717) is 28.5 Å². The van der Waals surface area contributed by atoms with E-state index in [9.17, 15) is 14.4 Å². The average molecular weight is 454 g/mol. The summed E-state index contributed by atoms with van der Waals surface area (Å²) in [6.45, 7) is 4.38. The lowest BCUT2D eigenvalue weighted by Crippen LogP contribution is -2.41. The third-order valence-corrected chi connectivity index (χ3v) is 5.46. The third-order valence-electron chi connectivity index (χ3n) is 4.91. The maximum absolute atomic E-state index is 12.4. The molecule has 0 atom stereocenters. The third kappa shape index (κ3) is 4.15. The monoisotopic (exact) mass is 453 g/mol. The van der Waals surface area contributed by atoms with Crippen LogP contribution in [0.5, 0.6) is 0 Å². The molecule has 1 aliphatic rings. The number of nitrogens with zero attached hydrogens (tertiary/aromatic N) is 5. The lowest BCUT2D eigenvalue weighted by atomic mass is 10.1. The lowest BCUT2D eigenvalue weighted by molar-refractivity contribution is -0.121. The van der Waals surface area contributed by atoms with Crippen molar-refractivity contribution in [1.82, 2.24) is 30.0 Å². The Bertz CT molecular complexity index is 1170. The Balaban J connectivity index is 1.40. The van der Waals surface area contributed by atoms with Crippen LogP contribution in [0.15, 0.2) is 35.6 Å². The number of benzene rings is 1. The van der Waals surface area contributed by atoms with Crippen LogP contribution in [0, 0.1) is 0 Å². The van der Waals surface area contributed by atoms with E-state index in [1.807, 2.05) is 20.1 Å². The van der Waals surface area contributed by atoms with Crippen molar-refractivity contribution in [1.29, 1.82) is 0 Å². The summed E-state index contributed by atoms with van der Waals surface area (Å²) in [7, 11) is 0. The minimum atomic E-state index is -0.453. The Morgan fingerprint density at radius 1 is 1.12 bits per heavy atom. The van der Waals surface area contributed by atoms with E-state index in [1.54, 1.807) is 35.1 Å². The van der Waals surface area contributed by atoms with Crippen molar-refractivity contribution in [2.75, 3.05) is 24.7 Å². The van der Waals surface area contributed by atoms with Crippen LogP contribution < -0.4 is 10.6 Å². The summed E-state index contributed by atoms with van der Waals surface area (Å²) in [5, 5.41) is 11.9. The molecule has 0 unspecified atom stereocenters. The number of nitrogens with one attached hydrogen (secondary N) is 2. The Morgan fingerprint density at radius 2 is 1.81 bits per heavy atom. The van der Waals surface area contributed by atoms with E-state index in [2.05, 4.69) is 25.7 Å². The van der Waals surface area contributed by atoms with Crippen molar-refractivity contribution in [3.63, 3.8) is 0 Å². The maximum atomic E-state index is 12.4. The van der Waals surface area contributed by atoms with Gasteiger partial charge in [-0.3, -0.25) is 19.3 Å². The second-order valence-corrected chi connectivity index (χ2v) is 8.33. The average Bonchev–Trinajstić information content (AvgIpc) is 3.28. The standard InChI is InChI=1S/C21H23N7O3S/c1-12(2)24-17-15-10-23-28(18(15)26-21(25-17)32-3)9-8-22-16(29)11-27-19(30)13-6-4-5-7-14(13)20(27)31/h4-7,10,12H,8-9,11H2,1-3H3,(H,22,29)(H,24,25,26). The van der Waals surface area contributed by atoms with Crippen molar-refractivity contribution < 1.29 is 14.4 Å². The first-order valence-corrected chi connectivity index (χ1v) is 11.4. The normalized spacial score (nSPS) is 13.2. The van der Waals surface area contributed by atoms with E-state index in [4.69, 9.17) is 0 Å². The summed E-state index contributed by atoms with van der Waals surface area (Å²) in [6.07, 6.45) is 3.60. The minimum Gasteiger partial charge on any atom is -0.367 e. The molecule has 166 valence electrons. The van der Waals surface area contributed by atoms with Gasteiger partial charge < -0.3 is 10.6 Å². The smallest absolute Gasteiger partial charge is 0.262 e. The van der Waals surface area contributed by atoms with Gasteiger partial charge >= 0.3 is 0 Å². The number of carbonyl (C=O) groups is 3. The van der Waals surface area contributed by atoms with Gasteiger partial charge in [-0.05, 0) is 32.2 Å². The van der Waals surface area contributed by atoms with Crippen LogP contribution in [-0.4, -0.2) is 67.8 Å². The molecule has 11 heteroatoms. The van der Waals surface area contributed by atoms with Crippen LogP contribution in [0.2, 0.25) is 0 Å². The highest BCUT2D eigenvalue weighted by molar-refractivity contribution is 7.98. The number of imide groups is 1. The van der Waals surface area contributed by atoms with Gasteiger partial charge in [-0.1, -0.05) is 23.9 Å². The summed E-state index contributed by atoms with van der Waals surface area (Å²) in [4.78, 5) is 47.2. The predicted octanol–water partition coefficient (Wildman–Crippen LogP) is 1.78. The summed E-state index contributed by atoms with van der Waals surface area (Å²) in [5.74, 6) is -0.608. The minimum absolute atomic E-state index is 0.201. The largest absolute Gasteiger partial charge is 0.367 e. The molecule has 4 rings (SSSR count). The number of aromatic nitrogens is 4. The number of fused-ring (bicyclic) bond motifs is 2. The number of carbonyl (C=O) groups excluding carboxylic acids is 3. The van der Waals surface area contributed by atoms with Crippen LogP contribution in [0.4, 0.5) is 5.82 Å². The second-order valence-electron chi connectivity index (χ2n) is 7.55. The second kappa shape index (κ2) is 8.95. The molecular weight excluding hydrogens is 430 g/mol. The molecule has 0 aliphatic carbocycles. The number of rotatable bonds is 8. The van der Waals surface area contributed by atoms with Gasteiger partial charge in [0.2, 0.25) is 5.91 Å². The van der Waals surface area contributed by atoms with Gasteiger partial charge in [0, 0.05) is 12.6 Å². The molecule has 0 radical (unpaired) electrons. The van der Waals surface area contributed by atoms with Crippen LogP contribution in [0.25, 0.3) is 11.0 Å². The van der Waals surface area contributed by atoms with Crippen molar-refractivity contribution in [2.45, 2.75) is 31.6 Å². The summed E-state index contributed by atoms with van der Waals surface area (Å²) in [6, 6.07) is 6.76. The highest BCUT2D eigenvalue weighted by Crippen LogP contribution is 2.24. The number of hydrogen-bond acceptors (Lipinski definition) is 8. The first kappa shape index (κ1) is 21.8. The number of anilines is 1. The Hall–Kier alpha value is -3.47. The first-order chi connectivity index (χ1) is 15.4. The van der Waals surface area contributed by atoms with E-state index in [0.717, 1.165) is 16.1 Å². The first-order valence-electron chi connectivity index (χ1n) is 10.1. The zero-order chi connectivity index (χ0) is 22.8. The highest BCUT2D eigenvalue weighted by Gasteiger charge is 2.36. The van der Waals surface area contributed by atoms with E-state index in [-0.39, 0.29) is 19.1 Å². The molecule has 3 heterocycles. The van der Waals surface area contributed by atoms with E-state index < -0.39 is 17.7 Å². The summed E-state index contributed by atoms with van der Waals surface area (Å²) >= 11 is 1.44. The molecule has 3 amide bonds. The topological polar surface area (TPSA) is 122 Å². The molecule has 32 heavy (non-hydrogen) atoms. The summed E-state index contributed by atoms with van der Waals surface area (Å²) in [5.41, 5.74) is 1.31. The van der Waals surface area contributed by atoms with Crippen molar-refractivity contribution in [3.05, 3.63) is 41.6 Å². The number of thioether (sulfide) groups is 1. The molecule has 2 aromatic heterocycles. The molecule has 3 aromatic rings. The number of amides is 3. The van der Waals surface area contributed by atoms with Crippen LogP contribution >= 0.6 is 11.8 Å². The van der Waals surface area contributed by atoms with E-state index in [1.165, 1.54) is 11.8 Å². The van der Waals surface area contributed by atoms with Gasteiger partial charge in [0.25, 0.3) is 11.8 Å². The van der Waals surface area contributed by atoms with Gasteiger partial charge in [-0.25, -0.2) is 14.6 Å². The molecule has 2 N–H and O–H groups in total. The van der Waals surface area contributed by atoms with Crippen molar-refractivity contribution >= 4 is 46.3 Å². The molecule has 1 aromatic carbocycles. The lowest BCUT2D eigenvalue weighted by Gasteiger charge is -2.14. The zero-order valence-corrected chi connectivity index (χ0v) is 18.8. The molecular formula is C21H23N7O3S. The van der Waals surface area contributed by atoms with Crippen LogP contribution in [0.3, 0.4) is 0 Å². The maximum Gasteiger partial charge on any atom is 0.262 e. The Labute approximate surface area is 188 Å². The summed E-state index contributed by atoms with van der Waals surface area (Å²) < 4.78 is 1.70. The fraction of sp³-hybridized carbons (Fsp3) is 0.333. The van der Waals surface area contributed by atoms with Crippen LogP contribution in [0.1, 0.15) is 34.6 Å². The van der Waals surface area contributed by atoms with Gasteiger partial charge in [-0.15, -0.1) is 0 Å². The van der Waals surface area contributed by atoms with Gasteiger partial charge in [0.05, 0.1) is 29.3 Å².